The van der Waals surface area contributed by atoms with Crippen LogP contribution in [0.25, 0.3) is 0 Å². The summed E-state index contributed by atoms with van der Waals surface area (Å²) in [5.41, 5.74) is 2.71. The van der Waals surface area contributed by atoms with Gasteiger partial charge in [-0.15, -0.1) is 12.4 Å². The second-order valence-electron chi connectivity index (χ2n) is 7.09. The SMILES string of the molecule is CC1CN(Cc2cn(C)nc2C(C)(C)C)CC(C)N1.Cl. The first-order valence-corrected chi connectivity index (χ1v) is 7.27. The highest BCUT2D eigenvalue weighted by Gasteiger charge is 2.26. The fraction of sp³-hybridized carbons (Fsp3) is 0.800. The number of nitrogens with zero attached hydrogens (tertiary/aromatic N) is 3. The molecule has 1 aromatic rings. The van der Waals surface area contributed by atoms with Crippen LogP contribution in [0.5, 0.6) is 0 Å². The molecule has 2 rings (SSSR count). The van der Waals surface area contributed by atoms with Gasteiger partial charge in [0.1, 0.15) is 0 Å². The molecule has 20 heavy (non-hydrogen) atoms. The molecule has 1 aromatic heterocycles. The van der Waals surface area contributed by atoms with Crippen LogP contribution in [0, 0.1) is 0 Å². The van der Waals surface area contributed by atoms with Crippen molar-refractivity contribution in [1.82, 2.24) is 20.0 Å². The van der Waals surface area contributed by atoms with Crippen molar-refractivity contribution in [2.45, 2.75) is 58.7 Å². The van der Waals surface area contributed by atoms with E-state index in [2.05, 4.69) is 56.1 Å². The number of halogens is 1. The summed E-state index contributed by atoms with van der Waals surface area (Å²) in [4.78, 5) is 2.54. The van der Waals surface area contributed by atoms with Crippen molar-refractivity contribution in [2.75, 3.05) is 13.1 Å². The molecule has 0 aliphatic carbocycles. The van der Waals surface area contributed by atoms with Crippen molar-refractivity contribution in [2.24, 2.45) is 7.05 Å². The zero-order valence-electron chi connectivity index (χ0n) is 13.6. The van der Waals surface area contributed by atoms with Gasteiger partial charge in [-0.25, -0.2) is 0 Å². The predicted octanol–water partition coefficient (Wildman–Crippen LogP) is 2.32. The number of piperazine rings is 1. The summed E-state index contributed by atoms with van der Waals surface area (Å²) >= 11 is 0. The van der Waals surface area contributed by atoms with Gasteiger partial charge in [-0.05, 0) is 13.8 Å². The summed E-state index contributed by atoms with van der Waals surface area (Å²) in [5.74, 6) is 0. The van der Waals surface area contributed by atoms with Crippen LogP contribution in [0.4, 0.5) is 0 Å². The second kappa shape index (κ2) is 6.46. The number of rotatable bonds is 2. The molecular formula is C15H29ClN4. The molecule has 0 radical (unpaired) electrons. The van der Waals surface area contributed by atoms with E-state index < -0.39 is 0 Å². The van der Waals surface area contributed by atoms with E-state index >= 15 is 0 Å². The second-order valence-corrected chi connectivity index (χ2v) is 7.09. The van der Waals surface area contributed by atoms with Gasteiger partial charge in [-0.2, -0.15) is 5.10 Å². The summed E-state index contributed by atoms with van der Waals surface area (Å²) in [6.07, 6.45) is 2.18. The van der Waals surface area contributed by atoms with Crippen LogP contribution in [0.15, 0.2) is 6.20 Å². The van der Waals surface area contributed by atoms with E-state index in [4.69, 9.17) is 0 Å². The molecule has 4 nitrogen and oxygen atoms in total. The minimum absolute atomic E-state index is 0. The molecule has 0 bridgehead atoms. The standard InChI is InChI=1S/C15H28N4.ClH/c1-11-7-19(8-12(2)16-11)10-13-9-18(6)17-14(13)15(3,4)5;/h9,11-12,16H,7-8,10H2,1-6H3;1H. The van der Waals surface area contributed by atoms with E-state index in [-0.39, 0.29) is 17.8 Å². The van der Waals surface area contributed by atoms with E-state index in [9.17, 15) is 0 Å². The number of hydrogen-bond donors (Lipinski definition) is 1. The van der Waals surface area contributed by atoms with Crippen molar-refractivity contribution in [3.8, 4) is 0 Å². The van der Waals surface area contributed by atoms with Crippen LogP contribution in [-0.2, 0) is 19.0 Å². The van der Waals surface area contributed by atoms with Crippen molar-refractivity contribution < 1.29 is 0 Å². The number of hydrogen-bond acceptors (Lipinski definition) is 3. The monoisotopic (exact) mass is 300 g/mol. The van der Waals surface area contributed by atoms with Gasteiger partial charge in [0.25, 0.3) is 0 Å². The van der Waals surface area contributed by atoms with Gasteiger partial charge in [0.2, 0.25) is 0 Å². The van der Waals surface area contributed by atoms with Crippen LogP contribution in [0.2, 0.25) is 0 Å². The Morgan fingerprint density at radius 1 is 1.25 bits per heavy atom. The third-order valence-corrected chi connectivity index (χ3v) is 3.64. The largest absolute Gasteiger partial charge is 0.309 e. The van der Waals surface area contributed by atoms with E-state index in [0.29, 0.717) is 12.1 Å². The van der Waals surface area contributed by atoms with Crippen molar-refractivity contribution >= 4 is 12.4 Å². The lowest BCUT2D eigenvalue weighted by molar-refractivity contribution is 0.166. The zero-order valence-corrected chi connectivity index (χ0v) is 14.4. The first-order chi connectivity index (χ1) is 8.75. The predicted molar refractivity (Wildman–Crippen MR) is 86.5 cm³/mol. The third kappa shape index (κ3) is 4.21. The molecule has 2 atom stereocenters. The first kappa shape index (κ1) is 17.5. The molecule has 0 saturated carbocycles. The summed E-state index contributed by atoms with van der Waals surface area (Å²) in [5, 5.41) is 8.24. The molecule has 1 fully saturated rings. The quantitative estimate of drug-likeness (QED) is 0.910. The molecule has 116 valence electrons. The Morgan fingerprint density at radius 3 is 2.30 bits per heavy atom. The summed E-state index contributed by atoms with van der Waals surface area (Å²) in [6, 6.07) is 1.14. The molecule has 2 heterocycles. The minimum atomic E-state index is 0. The average Bonchev–Trinajstić information content (AvgIpc) is 2.57. The Morgan fingerprint density at radius 2 is 1.80 bits per heavy atom. The van der Waals surface area contributed by atoms with Gasteiger partial charge in [-0.3, -0.25) is 9.58 Å². The van der Waals surface area contributed by atoms with Crippen molar-refractivity contribution in [3.05, 3.63) is 17.5 Å². The topological polar surface area (TPSA) is 33.1 Å². The van der Waals surface area contributed by atoms with Gasteiger partial charge >= 0.3 is 0 Å². The van der Waals surface area contributed by atoms with Gasteiger partial charge in [0.05, 0.1) is 5.69 Å². The summed E-state index contributed by atoms with van der Waals surface area (Å²) < 4.78 is 1.95. The lowest BCUT2D eigenvalue weighted by Gasteiger charge is -2.36. The van der Waals surface area contributed by atoms with Crippen LogP contribution in [0.1, 0.15) is 45.9 Å². The summed E-state index contributed by atoms with van der Waals surface area (Å²) in [7, 11) is 2.02. The maximum atomic E-state index is 4.66. The molecule has 1 aliphatic heterocycles. The fourth-order valence-corrected chi connectivity index (χ4v) is 3.10. The molecule has 0 amide bonds. The summed E-state index contributed by atoms with van der Waals surface area (Å²) in [6.45, 7) is 14.5. The Kier molecular flexibility index (Phi) is 5.64. The molecular weight excluding hydrogens is 272 g/mol. The average molecular weight is 301 g/mol. The molecule has 1 aliphatic rings. The zero-order chi connectivity index (χ0) is 14.2. The van der Waals surface area contributed by atoms with Crippen LogP contribution in [-0.4, -0.2) is 39.9 Å². The lowest BCUT2D eigenvalue weighted by Crippen LogP contribution is -2.53. The maximum Gasteiger partial charge on any atom is 0.0722 e. The molecule has 2 unspecified atom stereocenters. The first-order valence-electron chi connectivity index (χ1n) is 7.27. The Labute approximate surface area is 129 Å². The van der Waals surface area contributed by atoms with E-state index in [1.807, 2.05) is 11.7 Å². The van der Waals surface area contributed by atoms with E-state index in [1.165, 1.54) is 11.3 Å². The van der Waals surface area contributed by atoms with E-state index in [1.54, 1.807) is 0 Å². The van der Waals surface area contributed by atoms with Crippen LogP contribution < -0.4 is 5.32 Å². The molecule has 5 heteroatoms. The normalized spacial score (nSPS) is 24.5. The van der Waals surface area contributed by atoms with Crippen molar-refractivity contribution in [3.63, 3.8) is 0 Å². The highest BCUT2D eigenvalue weighted by molar-refractivity contribution is 5.85. The lowest BCUT2D eigenvalue weighted by atomic mass is 9.89. The Hall–Kier alpha value is -0.580. The van der Waals surface area contributed by atoms with Gasteiger partial charge in [0, 0.05) is 55.9 Å². The van der Waals surface area contributed by atoms with Crippen LogP contribution >= 0.6 is 12.4 Å². The molecule has 0 aromatic carbocycles. The maximum absolute atomic E-state index is 4.66. The number of nitrogens with one attached hydrogen (secondary N) is 1. The number of aromatic nitrogens is 2. The smallest absolute Gasteiger partial charge is 0.0722 e. The van der Waals surface area contributed by atoms with Crippen LogP contribution in [0.3, 0.4) is 0 Å². The fourth-order valence-electron chi connectivity index (χ4n) is 3.10. The molecule has 1 N–H and O–H groups in total. The minimum Gasteiger partial charge on any atom is -0.309 e. The highest BCUT2D eigenvalue weighted by atomic mass is 35.5. The molecule has 0 spiro atoms. The van der Waals surface area contributed by atoms with Gasteiger partial charge in [-0.1, -0.05) is 20.8 Å². The highest BCUT2D eigenvalue weighted by Crippen LogP contribution is 2.25. The van der Waals surface area contributed by atoms with Gasteiger partial charge in [0.15, 0.2) is 0 Å². The van der Waals surface area contributed by atoms with E-state index in [0.717, 1.165) is 19.6 Å². The molecule has 1 saturated heterocycles. The Bertz CT molecular complexity index is 426. The van der Waals surface area contributed by atoms with Crippen molar-refractivity contribution in [1.29, 1.82) is 0 Å². The van der Waals surface area contributed by atoms with Gasteiger partial charge < -0.3 is 5.32 Å². The number of aryl methyl sites for hydroxylation is 1. The third-order valence-electron chi connectivity index (χ3n) is 3.64. The Balaban J connectivity index is 0.00000200.